The summed E-state index contributed by atoms with van der Waals surface area (Å²) in [4.78, 5) is 39.2. The fraction of sp³-hybridized carbons (Fsp3) is 0. The number of rotatable bonds is 5. The Balaban J connectivity index is 1.49. The number of nitro groups is 1. The molecule has 4 aromatic rings. The average molecular weight is 424 g/mol. The molecular weight excluding hydrogens is 412 g/mol. The van der Waals surface area contributed by atoms with E-state index in [1.165, 1.54) is 42.6 Å². The number of nitrogens with zero attached hydrogens (tertiary/aromatic N) is 2. The highest BCUT2D eigenvalue weighted by molar-refractivity contribution is 7.18. The van der Waals surface area contributed by atoms with Gasteiger partial charge in [-0.1, -0.05) is 11.3 Å². The molecule has 2 aromatic carbocycles. The van der Waals surface area contributed by atoms with Gasteiger partial charge in [0.15, 0.2) is 0 Å². The summed E-state index contributed by atoms with van der Waals surface area (Å²) in [5.74, 6) is -0.516. The van der Waals surface area contributed by atoms with Gasteiger partial charge in [0, 0.05) is 35.3 Å². The summed E-state index contributed by atoms with van der Waals surface area (Å²) >= 11 is 1.12. The Morgan fingerprint density at radius 1 is 1.17 bits per heavy atom. The number of hydrogen-bond acceptors (Lipinski definition) is 9. The van der Waals surface area contributed by atoms with Crippen LogP contribution >= 0.6 is 11.3 Å². The molecule has 0 spiro atoms. The average Bonchev–Trinajstić information content (AvgIpc) is 3.20. The van der Waals surface area contributed by atoms with E-state index in [2.05, 4.69) is 15.8 Å². The number of aromatic hydroxyl groups is 1. The summed E-state index contributed by atoms with van der Waals surface area (Å²) in [6.07, 6.45) is 1.46. The van der Waals surface area contributed by atoms with Crippen LogP contribution in [0.25, 0.3) is 21.4 Å². The summed E-state index contributed by atoms with van der Waals surface area (Å²) in [7, 11) is 0. The van der Waals surface area contributed by atoms with Crippen LogP contribution in [0.1, 0.15) is 10.4 Å². The van der Waals surface area contributed by atoms with E-state index in [-0.39, 0.29) is 22.6 Å². The van der Waals surface area contributed by atoms with Gasteiger partial charge in [0.2, 0.25) is 5.13 Å². The van der Waals surface area contributed by atoms with Crippen molar-refractivity contribution in [1.29, 1.82) is 0 Å². The summed E-state index contributed by atoms with van der Waals surface area (Å²) < 4.78 is 5.25. The minimum Gasteiger partial charge on any atom is -0.508 e. The van der Waals surface area contributed by atoms with Crippen molar-refractivity contribution >= 4 is 39.0 Å². The molecule has 30 heavy (non-hydrogen) atoms. The van der Waals surface area contributed by atoms with Crippen LogP contribution in [0.4, 0.5) is 10.8 Å². The van der Waals surface area contributed by atoms with Gasteiger partial charge in [0.25, 0.3) is 11.6 Å². The van der Waals surface area contributed by atoms with E-state index in [0.717, 1.165) is 11.3 Å². The molecule has 0 aliphatic carbocycles. The van der Waals surface area contributed by atoms with Gasteiger partial charge >= 0.3 is 5.63 Å². The second-order valence-corrected chi connectivity index (χ2v) is 7.11. The first kappa shape index (κ1) is 19.1. The smallest absolute Gasteiger partial charge is 0.345 e. The summed E-state index contributed by atoms with van der Waals surface area (Å²) in [5.41, 5.74) is 5.16. The number of amides is 1. The highest BCUT2D eigenvalue weighted by Gasteiger charge is 2.13. The number of phenolic OH excluding ortho intramolecular Hbond substituents is 1. The van der Waals surface area contributed by atoms with Crippen LogP contribution in [0, 0.1) is 10.1 Å². The van der Waals surface area contributed by atoms with E-state index < -0.39 is 16.5 Å². The maximum Gasteiger partial charge on any atom is 0.345 e. The lowest BCUT2D eigenvalue weighted by Crippen LogP contribution is -2.29. The third-order valence-electron chi connectivity index (χ3n) is 4.11. The van der Waals surface area contributed by atoms with E-state index in [0.29, 0.717) is 21.0 Å². The van der Waals surface area contributed by atoms with Gasteiger partial charge in [-0.15, -0.1) is 0 Å². The number of hydrogen-bond donors (Lipinski definition) is 3. The number of fused-ring (bicyclic) bond motifs is 1. The number of hydrazine groups is 1. The number of nitro benzene ring substituents is 1. The molecule has 2 heterocycles. The Labute approximate surface area is 171 Å². The largest absolute Gasteiger partial charge is 0.508 e. The van der Waals surface area contributed by atoms with E-state index in [1.54, 1.807) is 12.1 Å². The number of phenols is 1. The van der Waals surface area contributed by atoms with Gasteiger partial charge in [-0.2, -0.15) is 0 Å². The van der Waals surface area contributed by atoms with Gasteiger partial charge in [-0.25, -0.2) is 9.78 Å². The lowest BCUT2D eigenvalue weighted by molar-refractivity contribution is -0.384. The van der Waals surface area contributed by atoms with Gasteiger partial charge < -0.3 is 9.52 Å². The number of aromatic nitrogens is 1. The Bertz CT molecular complexity index is 1330. The van der Waals surface area contributed by atoms with Crippen LogP contribution in [0.5, 0.6) is 5.75 Å². The van der Waals surface area contributed by atoms with Crippen molar-refractivity contribution < 1.29 is 19.2 Å². The number of carbonyl (C=O) groups is 1. The topological polar surface area (TPSA) is 148 Å². The normalized spacial score (nSPS) is 10.7. The summed E-state index contributed by atoms with van der Waals surface area (Å²) in [5, 5.41) is 21.1. The molecule has 0 saturated heterocycles. The van der Waals surface area contributed by atoms with Gasteiger partial charge in [-0.3, -0.25) is 25.8 Å². The molecule has 2 aromatic heterocycles. The molecule has 0 fully saturated rings. The SMILES string of the molecule is O=C(NNc1ncc(-c2cc3ccc(O)cc3oc2=O)s1)c1ccc([N+](=O)[O-])cc1. The summed E-state index contributed by atoms with van der Waals surface area (Å²) in [6.45, 7) is 0. The number of non-ortho nitro benzene ring substituents is 1. The molecule has 0 aliphatic rings. The van der Waals surface area contributed by atoms with E-state index in [4.69, 9.17) is 4.42 Å². The van der Waals surface area contributed by atoms with Crippen LogP contribution in [-0.4, -0.2) is 20.9 Å². The third-order valence-corrected chi connectivity index (χ3v) is 5.06. The highest BCUT2D eigenvalue weighted by Crippen LogP contribution is 2.29. The monoisotopic (exact) mass is 424 g/mol. The minimum atomic E-state index is -0.585. The molecule has 1 amide bonds. The number of carbonyl (C=O) groups excluding carboxylic acids is 1. The van der Waals surface area contributed by atoms with E-state index in [9.17, 15) is 24.8 Å². The highest BCUT2D eigenvalue weighted by atomic mass is 32.1. The zero-order chi connectivity index (χ0) is 21.3. The first-order valence-electron chi connectivity index (χ1n) is 8.44. The predicted octanol–water partition coefficient (Wildman–Crippen LogP) is 3.29. The first-order valence-corrected chi connectivity index (χ1v) is 9.26. The second kappa shape index (κ2) is 7.64. The Kier molecular flexibility index (Phi) is 4.86. The van der Waals surface area contributed by atoms with Gasteiger partial charge in [0.05, 0.1) is 15.4 Å². The van der Waals surface area contributed by atoms with Gasteiger partial charge in [0.1, 0.15) is 11.3 Å². The van der Waals surface area contributed by atoms with Crippen molar-refractivity contribution in [1.82, 2.24) is 10.4 Å². The minimum absolute atomic E-state index is 0.00793. The molecule has 3 N–H and O–H groups in total. The van der Waals surface area contributed by atoms with Crippen molar-refractivity contribution in [2.75, 3.05) is 5.43 Å². The third kappa shape index (κ3) is 3.82. The van der Waals surface area contributed by atoms with Crippen LogP contribution in [0.3, 0.4) is 0 Å². The second-order valence-electron chi connectivity index (χ2n) is 6.08. The molecule has 0 saturated carbocycles. The molecule has 150 valence electrons. The van der Waals surface area contributed by atoms with Crippen LogP contribution < -0.4 is 16.5 Å². The van der Waals surface area contributed by atoms with Crippen molar-refractivity contribution in [2.24, 2.45) is 0 Å². The lowest BCUT2D eigenvalue weighted by Gasteiger charge is -2.05. The van der Waals surface area contributed by atoms with Crippen molar-refractivity contribution in [3.63, 3.8) is 0 Å². The standard InChI is InChI=1S/C19H12N4O6S/c24-13-6-3-11-7-14(18(26)29-15(11)8-13)16-9-20-19(30-16)22-21-17(25)10-1-4-12(5-2-10)23(27)28/h1-9,24H,(H,20,22)(H,21,25). The Morgan fingerprint density at radius 2 is 1.93 bits per heavy atom. The fourth-order valence-corrected chi connectivity index (χ4v) is 3.42. The maximum absolute atomic E-state index is 12.3. The zero-order valence-electron chi connectivity index (χ0n) is 15.0. The predicted molar refractivity (Wildman–Crippen MR) is 109 cm³/mol. The molecular formula is C19H12N4O6S. The number of anilines is 1. The van der Waals surface area contributed by atoms with Crippen molar-refractivity contribution in [3.05, 3.63) is 80.8 Å². The van der Waals surface area contributed by atoms with Crippen LogP contribution in [0.15, 0.2) is 63.9 Å². The molecule has 0 aliphatic heterocycles. The Morgan fingerprint density at radius 3 is 2.67 bits per heavy atom. The van der Waals surface area contributed by atoms with Crippen LogP contribution in [-0.2, 0) is 0 Å². The number of thiazole rings is 1. The molecule has 0 radical (unpaired) electrons. The quantitative estimate of drug-likeness (QED) is 0.251. The maximum atomic E-state index is 12.3. The van der Waals surface area contributed by atoms with Crippen LogP contribution in [0.2, 0.25) is 0 Å². The van der Waals surface area contributed by atoms with E-state index in [1.807, 2.05) is 0 Å². The van der Waals surface area contributed by atoms with Crippen molar-refractivity contribution in [2.45, 2.75) is 0 Å². The number of nitrogens with one attached hydrogen (secondary N) is 2. The number of benzene rings is 2. The molecule has 0 bridgehead atoms. The molecule has 10 nitrogen and oxygen atoms in total. The zero-order valence-corrected chi connectivity index (χ0v) is 15.8. The molecule has 0 unspecified atom stereocenters. The lowest BCUT2D eigenvalue weighted by atomic mass is 10.1. The first-order chi connectivity index (χ1) is 14.4. The fourth-order valence-electron chi connectivity index (χ4n) is 2.65. The van der Waals surface area contributed by atoms with Gasteiger partial charge in [-0.05, 0) is 30.3 Å². The molecule has 0 atom stereocenters. The Hall–Kier alpha value is -4.25. The van der Waals surface area contributed by atoms with E-state index >= 15 is 0 Å². The molecule has 4 rings (SSSR count). The summed E-state index contributed by atoms with van der Waals surface area (Å²) in [6, 6.07) is 11.2. The van der Waals surface area contributed by atoms with Crippen molar-refractivity contribution in [3.8, 4) is 16.2 Å². The molecule has 11 heteroatoms.